The molecule has 0 aliphatic heterocycles. The first kappa shape index (κ1) is 20.1. The lowest BCUT2D eigenvalue weighted by molar-refractivity contribution is -0.118. The molecule has 0 aliphatic carbocycles. The summed E-state index contributed by atoms with van der Waals surface area (Å²) in [5, 5.41) is 6.20. The Kier molecular flexibility index (Phi) is 7.81. The number of thioether (sulfide) groups is 1. The van der Waals surface area contributed by atoms with Crippen molar-refractivity contribution in [2.24, 2.45) is 0 Å². The monoisotopic (exact) mass is 392 g/mol. The number of para-hydroxylation sites is 1. The van der Waals surface area contributed by atoms with E-state index in [1.165, 1.54) is 7.11 Å². The highest BCUT2D eigenvalue weighted by Crippen LogP contribution is 2.18. The average molecular weight is 393 g/mol. The quantitative estimate of drug-likeness (QED) is 0.716. The number of rotatable bonds is 8. The number of hydrogen-bond acceptors (Lipinski definition) is 4. The summed E-state index contributed by atoms with van der Waals surface area (Å²) in [6.07, 6.45) is 2.47. The number of halogens is 1. The summed E-state index contributed by atoms with van der Waals surface area (Å²) in [7, 11) is 1.50. The lowest BCUT2D eigenvalue weighted by Gasteiger charge is -2.19. The molecule has 1 atom stereocenters. The zero-order chi connectivity index (χ0) is 18.9. The molecular weight excluding hydrogens is 372 g/mol. The number of amides is 2. The minimum Gasteiger partial charge on any atom is -0.496 e. The maximum absolute atomic E-state index is 12.6. The molecule has 2 aromatic carbocycles. The Morgan fingerprint density at radius 3 is 2.50 bits per heavy atom. The summed E-state index contributed by atoms with van der Waals surface area (Å²) in [5.41, 5.74) is 1.02. The highest BCUT2D eigenvalue weighted by molar-refractivity contribution is 7.98. The second-order valence-corrected chi connectivity index (χ2v) is 6.93. The smallest absolute Gasteiger partial charge is 0.255 e. The van der Waals surface area contributed by atoms with E-state index in [4.69, 9.17) is 16.3 Å². The van der Waals surface area contributed by atoms with Gasteiger partial charge in [-0.2, -0.15) is 11.8 Å². The minimum absolute atomic E-state index is 0.273. The molecular formula is C19H21ClN2O3S. The Labute approximate surface area is 162 Å². The van der Waals surface area contributed by atoms with Crippen LogP contribution in [-0.2, 0) is 4.79 Å². The standard InChI is InChI=1S/C19H21ClN2O3S/c1-25-17-6-4-3-5-15(17)18(23)22-16(11-12-26-2)19(24)21-14-9-7-13(20)8-10-14/h3-10,16H,11-12H2,1-2H3,(H,21,24)(H,22,23). The maximum Gasteiger partial charge on any atom is 0.255 e. The number of methoxy groups -OCH3 is 1. The lowest BCUT2D eigenvalue weighted by Crippen LogP contribution is -2.44. The Morgan fingerprint density at radius 1 is 1.15 bits per heavy atom. The first-order valence-corrected chi connectivity index (χ1v) is 9.81. The first-order chi connectivity index (χ1) is 12.5. The van der Waals surface area contributed by atoms with Crippen LogP contribution in [0.25, 0.3) is 0 Å². The molecule has 0 fully saturated rings. The fourth-order valence-corrected chi connectivity index (χ4v) is 2.93. The predicted molar refractivity (Wildman–Crippen MR) is 107 cm³/mol. The minimum atomic E-state index is -0.657. The average Bonchev–Trinajstić information content (AvgIpc) is 2.66. The number of carbonyl (C=O) groups excluding carboxylic acids is 2. The molecule has 2 rings (SSSR count). The zero-order valence-corrected chi connectivity index (χ0v) is 16.2. The van der Waals surface area contributed by atoms with Crippen LogP contribution in [0.15, 0.2) is 48.5 Å². The van der Waals surface area contributed by atoms with Gasteiger partial charge in [0.1, 0.15) is 11.8 Å². The maximum atomic E-state index is 12.6. The molecule has 2 N–H and O–H groups in total. The Balaban J connectivity index is 2.11. The Hall–Kier alpha value is -2.18. The van der Waals surface area contributed by atoms with Crippen LogP contribution in [0.2, 0.25) is 5.02 Å². The second kappa shape index (κ2) is 10.1. The molecule has 2 amide bonds. The van der Waals surface area contributed by atoms with E-state index in [1.807, 2.05) is 6.26 Å². The van der Waals surface area contributed by atoms with Crippen molar-refractivity contribution in [3.8, 4) is 5.75 Å². The van der Waals surface area contributed by atoms with E-state index in [-0.39, 0.29) is 11.8 Å². The number of ether oxygens (including phenoxy) is 1. The van der Waals surface area contributed by atoms with Crippen molar-refractivity contribution in [2.45, 2.75) is 12.5 Å². The topological polar surface area (TPSA) is 67.4 Å². The van der Waals surface area contributed by atoms with E-state index < -0.39 is 6.04 Å². The number of anilines is 1. The van der Waals surface area contributed by atoms with Crippen LogP contribution in [0, 0.1) is 0 Å². The molecule has 0 aliphatic rings. The van der Waals surface area contributed by atoms with Crippen LogP contribution in [0.1, 0.15) is 16.8 Å². The molecule has 0 saturated heterocycles. The van der Waals surface area contributed by atoms with Gasteiger partial charge in [-0.3, -0.25) is 9.59 Å². The molecule has 26 heavy (non-hydrogen) atoms. The molecule has 138 valence electrons. The van der Waals surface area contributed by atoms with Crippen molar-refractivity contribution in [1.29, 1.82) is 0 Å². The fraction of sp³-hybridized carbons (Fsp3) is 0.263. The van der Waals surface area contributed by atoms with Crippen molar-refractivity contribution in [2.75, 3.05) is 24.4 Å². The van der Waals surface area contributed by atoms with Gasteiger partial charge in [-0.1, -0.05) is 23.7 Å². The van der Waals surface area contributed by atoms with Crippen LogP contribution in [-0.4, -0.2) is 37.0 Å². The predicted octanol–water partition coefficient (Wildman–Crippen LogP) is 3.84. The zero-order valence-electron chi connectivity index (χ0n) is 14.6. The summed E-state index contributed by atoms with van der Waals surface area (Å²) >= 11 is 7.47. The van der Waals surface area contributed by atoms with Crippen molar-refractivity contribution in [3.63, 3.8) is 0 Å². The summed E-state index contributed by atoms with van der Waals surface area (Å²) < 4.78 is 5.22. The van der Waals surface area contributed by atoms with Crippen molar-refractivity contribution < 1.29 is 14.3 Å². The SMILES string of the molecule is COc1ccccc1C(=O)NC(CCSC)C(=O)Nc1ccc(Cl)cc1. The summed E-state index contributed by atoms with van der Waals surface area (Å²) in [5.74, 6) is 0.585. The van der Waals surface area contributed by atoms with Crippen molar-refractivity contribution in [3.05, 3.63) is 59.1 Å². The van der Waals surface area contributed by atoms with E-state index in [0.717, 1.165) is 5.75 Å². The molecule has 0 spiro atoms. The number of carbonyl (C=O) groups is 2. The van der Waals surface area contributed by atoms with Gasteiger partial charge in [0.25, 0.3) is 5.91 Å². The van der Waals surface area contributed by atoms with Gasteiger partial charge in [-0.25, -0.2) is 0 Å². The van der Waals surface area contributed by atoms with Gasteiger partial charge in [0, 0.05) is 10.7 Å². The van der Waals surface area contributed by atoms with E-state index in [1.54, 1.807) is 60.3 Å². The van der Waals surface area contributed by atoms with Crippen molar-refractivity contribution in [1.82, 2.24) is 5.32 Å². The van der Waals surface area contributed by atoms with Crippen molar-refractivity contribution >= 4 is 40.9 Å². The van der Waals surface area contributed by atoms with Gasteiger partial charge in [0.05, 0.1) is 12.7 Å². The van der Waals surface area contributed by atoms with Crippen LogP contribution in [0.3, 0.4) is 0 Å². The highest BCUT2D eigenvalue weighted by Gasteiger charge is 2.22. The fourth-order valence-electron chi connectivity index (χ4n) is 2.34. The van der Waals surface area contributed by atoms with E-state index in [2.05, 4.69) is 10.6 Å². The van der Waals surface area contributed by atoms with Gasteiger partial charge < -0.3 is 15.4 Å². The third-order valence-electron chi connectivity index (χ3n) is 3.70. The molecule has 7 heteroatoms. The number of nitrogens with one attached hydrogen (secondary N) is 2. The van der Waals surface area contributed by atoms with E-state index in [9.17, 15) is 9.59 Å². The molecule has 5 nitrogen and oxygen atoms in total. The summed E-state index contributed by atoms with van der Waals surface area (Å²) in [6, 6.07) is 13.1. The molecule has 0 radical (unpaired) electrons. The van der Waals surface area contributed by atoms with Gasteiger partial charge >= 0.3 is 0 Å². The van der Waals surface area contributed by atoms with Gasteiger partial charge in [0.15, 0.2) is 0 Å². The summed E-state index contributed by atoms with van der Waals surface area (Å²) in [6.45, 7) is 0. The second-order valence-electron chi connectivity index (χ2n) is 5.50. The van der Waals surface area contributed by atoms with Crippen LogP contribution in [0.5, 0.6) is 5.75 Å². The van der Waals surface area contributed by atoms with Gasteiger partial charge in [-0.15, -0.1) is 0 Å². The first-order valence-electron chi connectivity index (χ1n) is 8.04. The molecule has 1 unspecified atom stereocenters. The third-order valence-corrected chi connectivity index (χ3v) is 4.59. The van der Waals surface area contributed by atoms with Crippen LogP contribution in [0.4, 0.5) is 5.69 Å². The summed E-state index contributed by atoms with van der Waals surface area (Å²) in [4.78, 5) is 25.2. The normalized spacial score (nSPS) is 11.5. The third kappa shape index (κ3) is 5.68. The molecule has 0 aromatic heterocycles. The molecule has 0 heterocycles. The number of hydrogen-bond donors (Lipinski definition) is 2. The Bertz CT molecular complexity index is 753. The number of benzene rings is 2. The Morgan fingerprint density at radius 2 is 1.85 bits per heavy atom. The van der Waals surface area contributed by atoms with Crippen LogP contribution >= 0.6 is 23.4 Å². The van der Waals surface area contributed by atoms with E-state index in [0.29, 0.717) is 28.4 Å². The largest absolute Gasteiger partial charge is 0.496 e. The molecule has 2 aromatic rings. The van der Waals surface area contributed by atoms with Crippen LogP contribution < -0.4 is 15.4 Å². The molecule has 0 bridgehead atoms. The van der Waals surface area contributed by atoms with Gasteiger partial charge in [0.2, 0.25) is 5.91 Å². The highest BCUT2D eigenvalue weighted by atomic mass is 35.5. The van der Waals surface area contributed by atoms with Gasteiger partial charge in [-0.05, 0) is 54.8 Å². The van der Waals surface area contributed by atoms with E-state index >= 15 is 0 Å². The lowest BCUT2D eigenvalue weighted by atomic mass is 10.1. The molecule has 0 saturated carbocycles.